The number of carbonyl (C=O) groups is 1. The fourth-order valence-corrected chi connectivity index (χ4v) is 3.85. The SMILES string of the molecule is O=C(Cn1cnc2ccccc21)Nc1ccccc1-c1cn2ccsc2n1. The highest BCUT2D eigenvalue weighted by molar-refractivity contribution is 7.15. The lowest BCUT2D eigenvalue weighted by Gasteiger charge is -2.10. The molecule has 27 heavy (non-hydrogen) atoms. The van der Waals surface area contributed by atoms with E-state index in [1.165, 1.54) is 0 Å². The zero-order valence-electron chi connectivity index (χ0n) is 14.2. The van der Waals surface area contributed by atoms with Crippen LogP contribution in [-0.4, -0.2) is 24.8 Å². The highest BCUT2D eigenvalue weighted by Crippen LogP contribution is 2.28. The number of anilines is 1. The van der Waals surface area contributed by atoms with Gasteiger partial charge in [-0.25, -0.2) is 9.97 Å². The Bertz CT molecular complexity index is 1240. The zero-order chi connectivity index (χ0) is 18.2. The Labute approximate surface area is 158 Å². The maximum absolute atomic E-state index is 12.6. The topological polar surface area (TPSA) is 64.2 Å². The lowest BCUT2D eigenvalue weighted by atomic mass is 10.1. The molecule has 1 amide bonds. The summed E-state index contributed by atoms with van der Waals surface area (Å²) in [5, 5.41) is 5.01. The minimum atomic E-state index is -0.105. The Balaban J connectivity index is 1.42. The number of hydrogen-bond donors (Lipinski definition) is 1. The first kappa shape index (κ1) is 15.8. The van der Waals surface area contributed by atoms with E-state index in [1.807, 2.05) is 75.3 Å². The Hall–Kier alpha value is -3.45. The summed E-state index contributed by atoms with van der Waals surface area (Å²) < 4.78 is 3.83. The highest BCUT2D eigenvalue weighted by Gasteiger charge is 2.13. The van der Waals surface area contributed by atoms with Crippen molar-refractivity contribution in [3.05, 3.63) is 72.6 Å². The summed E-state index contributed by atoms with van der Waals surface area (Å²) in [5.41, 5.74) is 4.31. The van der Waals surface area contributed by atoms with Gasteiger partial charge in [-0.2, -0.15) is 0 Å². The lowest BCUT2D eigenvalue weighted by Crippen LogP contribution is -2.18. The Kier molecular flexibility index (Phi) is 3.72. The Morgan fingerprint density at radius 2 is 1.96 bits per heavy atom. The average molecular weight is 373 g/mol. The summed E-state index contributed by atoms with van der Waals surface area (Å²) in [6.07, 6.45) is 5.64. The minimum absolute atomic E-state index is 0.105. The summed E-state index contributed by atoms with van der Waals surface area (Å²) in [5.74, 6) is -0.105. The van der Waals surface area contributed by atoms with Gasteiger partial charge in [0, 0.05) is 23.3 Å². The van der Waals surface area contributed by atoms with Gasteiger partial charge in [0.1, 0.15) is 6.54 Å². The van der Waals surface area contributed by atoms with Crippen molar-refractivity contribution in [2.75, 3.05) is 5.32 Å². The van der Waals surface area contributed by atoms with E-state index in [9.17, 15) is 4.79 Å². The number of rotatable bonds is 4. The smallest absolute Gasteiger partial charge is 0.244 e. The van der Waals surface area contributed by atoms with E-state index in [2.05, 4.69) is 15.3 Å². The second kappa shape index (κ2) is 6.37. The number of fused-ring (bicyclic) bond motifs is 2. The normalized spacial score (nSPS) is 11.3. The fraction of sp³-hybridized carbons (Fsp3) is 0.0500. The van der Waals surface area contributed by atoms with Gasteiger partial charge in [-0.3, -0.25) is 9.20 Å². The highest BCUT2D eigenvalue weighted by atomic mass is 32.1. The maximum atomic E-state index is 12.6. The van der Waals surface area contributed by atoms with Crippen LogP contribution in [0.15, 0.2) is 72.6 Å². The number of thiazole rings is 1. The van der Waals surface area contributed by atoms with E-state index in [4.69, 9.17) is 0 Å². The third-order valence-electron chi connectivity index (χ3n) is 4.41. The standard InChI is InChI=1S/C20H15N5OS/c26-19(12-25-13-21-16-7-3-4-8-18(16)25)22-15-6-2-1-5-14(15)17-11-24-9-10-27-20(24)23-17/h1-11,13H,12H2,(H,22,26). The van der Waals surface area contributed by atoms with Crippen molar-refractivity contribution in [1.29, 1.82) is 0 Å². The molecule has 0 unspecified atom stereocenters. The molecule has 0 bridgehead atoms. The third kappa shape index (κ3) is 2.88. The molecule has 0 saturated carbocycles. The molecule has 132 valence electrons. The Morgan fingerprint density at radius 3 is 2.89 bits per heavy atom. The Morgan fingerprint density at radius 1 is 1.11 bits per heavy atom. The molecule has 5 aromatic rings. The van der Waals surface area contributed by atoms with Crippen LogP contribution in [0.5, 0.6) is 0 Å². The van der Waals surface area contributed by atoms with Gasteiger partial charge in [-0.05, 0) is 18.2 Å². The van der Waals surface area contributed by atoms with E-state index in [0.29, 0.717) is 0 Å². The van der Waals surface area contributed by atoms with Gasteiger partial charge in [-0.1, -0.05) is 30.3 Å². The molecular weight excluding hydrogens is 358 g/mol. The predicted molar refractivity (Wildman–Crippen MR) is 107 cm³/mol. The van der Waals surface area contributed by atoms with Crippen LogP contribution < -0.4 is 5.32 Å². The van der Waals surface area contributed by atoms with Crippen LogP contribution in [0.4, 0.5) is 5.69 Å². The summed E-state index contributed by atoms with van der Waals surface area (Å²) >= 11 is 1.58. The van der Waals surface area contributed by atoms with E-state index in [-0.39, 0.29) is 12.5 Å². The van der Waals surface area contributed by atoms with Crippen LogP contribution in [0.25, 0.3) is 27.3 Å². The first-order valence-corrected chi connectivity index (χ1v) is 9.37. The van der Waals surface area contributed by atoms with Crippen molar-refractivity contribution in [1.82, 2.24) is 18.9 Å². The number of amides is 1. The van der Waals surface area contributed by atoms with Gasteiger partial charge in [0.2, 0.25) is 5.91 Å². The van der Waals surface area contributed by atoms with Crippen LogP contribution in [0.2, 0.25) is 0 Å². The molecule has 6 nitrogen and oxygen atoms in total. The van der Waals surface area contributed by atoms with Gasteiger partial charge >= 0.3 is 0 Å². The maximum Gasteiger partial charge on any atom is 0.244 e. The van der Waals surface area contributed by atoms with Crippen LogP contribution in [0.1, 0.15) is 0 Å². The van der Waals surface area contributed by atoms with Crippen molar-refractivity contribution in [3.63, 3.8) is 0 Å². The molecule has 0 radical (unpaired) electrons. The lowest BCUT2D eigenvalue weighted by molar-refractivity contribution is -0.116. The number of imidazole rings is 2. The molecule has 3 heterocycles. The van der Waals surface area contributed by atoms with Crippen molar-refractivity contribution >= 4 is 38.9 Å². The minimum Gasteiger partial charge on any atom is -0.324 e. The van der Waals surface area contributed by atoms with Crippen molar-refractivity contribution in [2.45, 2.75) is 6.54 Å². The molecule has 2 aromatic carbocycles. The van der Waals surface area contributed by atoms with E-state index in [0.717, 1.165) is 32.9 Å². The summed E-state index contributed by atoms with van der Waals surface area (Å²) in [6, 6.07) is 15.5. The molecule has 7 heteroatoms. The van der Waals surface area contributed by atoms with Crippen LogP contribution in [-0.2, 0) is 11.3 Å². The third-order valence-corrected chi connectivity index (χ3v) is 5.18. The fourth-order valence-electron chi connectivity index (χ4n) is 3.15. The number of aromatic nitrogens is 4. The molecule has 1 N–H and O–H groups in total. The molecule has 5 rings (SSSR count). The van der Waals surface area contributed by atoms with Crippen molar-refractivity contribution in [2.24, 2.45) is 0 Å². The van der Waals surface area contributed by atoms with E-state index < -0.39 is 0 Å². The first-order valence-electron chi connectivity index (χ1n) is 8.49. The molecule has 3 aromatic heterocycles. The summed E-state index contributed by atoms with van der Waals surface area (Å²) in [4.78, 5) is 22.5. The zero-order valence-corrected chi connectivity index (χ0v) is 15.1. The number of hydrogen-bond acceptors (Lipinski definition) is 4. The van der Waals surface area contributed by atoms with E-state index >= 15 is 0 Å². The van der Waals surface area contributed by atoms with Crippen LogP contribution in [0, 0.1) is 0 Å². The molecule has 0 atom stereocenters. The second-order valence-corrected chi connectivity index (χ2v) is 7.05. The molecule has 0 fully saturated rings. The second-order valence-electron chi connectivity index (χ2n) is 6.17. The average Bonchev–Trinajstić information content (AvgIpc) is 3.37. The molecule has 0 spiro atoms. The molecule has 0 aliphatic heterocycles. The molecule has 0 aliphatic rings. The molecule has 0 saturated heterocycles. The monoisotopic (exact) mass is 373 g/mol. The largest absolute Gasteiger partial charge is 0.324 e. The first-order chi connectivity index (χ1) is 13.3. The van der Waals surface area contributed by atoms with Crippen molar-refractivity contribution in [3.8, 4) is 11.3 Å². The number of nitrogens with one attached hydrogen (secondary N) is 1. The van der Waals surface area contributed by atoms with Gasteiger partial charge < -0.3 is 9.88 Å². The molecule has 0 aliphatic carbocycles. The van der Waals surface area contributed by atoms with Gasteiger partial charge in [0.15, 0.2) is 4.96 Å². The predicted octanol–water partition coefficient (Wildman–Crippen LogP) is 4.05. The van der Waals surface area contributed by atoms with Gasteiger partial charge in [-0.15, -0.1) is 11.3 Å². The van der Waals surface area contributed by atoms with Gasteiger partial charge in [0.25, 0.3) is 0 Å². The van der Waals surface area contributed by atoms with Gasteiger partial charge in [0.05, 0.1) is 28.7 Å². The quantitative estimate of drug-likeness (QED) is 0.517. The van der Waals surface area contributed by atoms with Crippen molar-refractivity contribution < 1.29 is 4.79 Å². The summed E-state index contributed by atoms with van der Waals surface area (Å²) in [7, 11) is 0. The number of carbonyl (C=O) groups excluding carboxylic acids is 1. The number of nitrogens with zero attached hydrogens (tertiary/aromatic N) is 4. The van der Waals surface area contributed by atoms with E-state index in [1.54, 1.807) is 17.7 Å². The number of benzene rings is 2. The van der Waals surface area contributed by atoms with Crippen LogP contribution in [0.3, 0.4) is 0 Å². The molecular formula is C20H15N5OS. The number of para-hydroxylation sites is 3. The van der Waals surface area contributed by atoms with Crippen LogP contribution >= 0.6 is 11.3 Å². The summed E-state index contributed by atoms with van der Waals surface area (Å²) in [6.45, 7) is 0.202.